The van der Waals surface area contributed by atoms with Crippen LogP contribution < -0.4 is 10.6 Å². The predicted molar refractivity (Wildman–Crippen MR) is 76.1 cm³/mol. The molecule has 0 radical (unpaired) electrons. The summed E-state index contributed by atoms with van der Waals surface area (Å²) in [6, 6.07) is 4.76. The van der Waals surface area contributed by atoms with Crippen LogP contribution in [-0.4, -0.2) is 50.1 Å². The average molecular weight is 300 g/mol. The van der Waals surface area contributed by atoms with Crippen LogP contribution >= 0.6 is 0 Å². The summed E-state index contributed by atoms with van der Waals surface area (Å²) in [6.07, 6.45) is 1.16. The van der Waals surface area contributed by atoms with Crippen LogP contribution in [0.25, 0.3) is 0 Å². The molecule has 0 unspecified atom stereocenters. The van der Waals surface area contributed by atoms with Gasteiger partial charge in [0.25, 0.3) is 0 Å². The van der Waals surface area contributed by atoms with E-state index >= 15 is 0 Å². The van der Waals surface area contributed by atoms with Gasteiger partial charge in [-0.1, -0.05) is 6.07 Å². The third kappa shape index (κ3) is 2.83. The summed E-state index contributed by atoms with van der Waals surface area (Å²) >= 11 is 0. The standard InChI is InChI=1S/C11H16N4O4S/c1-20(18,19)14-7-5-13(6-8-14)10-4-2-3-9(12)11(10)15(16)17/h2-4H,5-8,12H2,1H3. The Hall–Kier alpha value is -1.87. The van der Waals surface area contributed by atoms with E-state index in [0.29, 0.717) is 31.9 Å². The zero-order chi connectivity index (χ0) is 14.9. The van der Waals surface area contributed by atoms with Crippen LogP contribution in [0.1, 0.15) is 0 Å². The lowest BCUT2D eigenvalue weighted by molar-refractivity contribution is -0.383. The maximum Gasteiger partial charge on any atom is 0.315 e. The van der Waals surface area contributed by atoms with Crippen molar-refractivity contribution in [2.45, 2.75) is 0 Å². The third-order valence-electron chi connectivity index (χ3n) is 3.28. The molecule has 0 spiro atoms. The summed E-state index contributed by atoms with van der Waals surface area (Å²) < 4.78 is 24.2. The van der Waals surface area contributed by atoms with E-state index in [2.05, 4.69) is 0 Å². The molecule has 8 nitrogen and oxygen atoms in total. The quantitative estimate of drug-likeness (QED) is 0.487. The lowest BCUT2D eigenvalue weighted by atomic mass is 10.2. The molecule has 110 valence electrons. The van der Waals surface area contributed by atoms with Crippen molar-refractivity contribution in [2.75, 3.05) is 43.1 Å². The molecule has 1 aliphatic heterocycles. The van der Waals surface area contributed by atoms with E-state index in [1.165, 1.54) is 10.4 Å². The highest BCUT2D eigenvalue weighted by Crippen LogP contribution is 2.34. The van der Waals surface area contributed by atoms with Gasteiger partial charge < -0.3 is 10.6 Å². The minimum absolute atomic E-state index is 0.109. The second-order valence-electron chi connectivity index (χ2n) is 4.62. The van der Waals surface area contributed by atoms with Gasteiger partial charge in [0.2, 0.25) is 10.0 Å². The number of hydrogen-bond acceptors (Lipinski definition) is 6. The molecule has 1 heterocycles. The number of hydrogen-bond donors (Lipinski definition) is 1. The first-order chi connectivity index (χ1) is 9.30. The summed E-state index contributed by atoms with van der Waals surface area (Å²) in [7, 11) is -3.22. The number of rotatable bonds is 3. The fourth-order valence-corrected chi connectivity index (χ4v) is 3.09. The van der Waals surface area contributed by atoms with Crippen molar-refractivity contribution in [2.24, 2.45) is 0 Å². The van der Waals surface area contributed by atoms with Crippen LogP contribution in [0.3, 0.4) is 0 Å². The number of benzene rings is 1. The van der Waals surface area contributed by atoms with Crippen molar-refractivity contribution in [3.05, 3.63) is 28.3 Å². The van der Waals surface area contributed by atoms with Crippen LogP contribution in [0, 0.1) is 10.1 Å². The Balaban J connectivity index is 2.24. The highest BCUT2D eigenvalue weighted by molar-refractivity contribution is 7.88. The van der Waals surface area contributed by atoms with Gasteiger partial charge in [-0.15, -0.1) is 0 Å². The molecule has 9 heteroatoms. The minimum Gasteiger partial charge on any atom is -0.393 e. The number of nitrogens with two attached hydrogens (primary N) is 1. The van der Waals surface area contributed by atoms with E-state index < -0.39 is 14.9 Å². The molecule has 1 fully saturated rings. The van der Waals surface area contributed by atoms with Crippen molar-refractivity contribution in [3.63, 3.8) is 0 Å². The van der Waals surface area contributed by atoms with Crippen LogP contribution in [0.15, 0.2) is 18.2 Å². The fourth-order valence-electron chi connectivity index (χ4n) is 2.26. The molecule has 2 N–H and O–H groups in total. The maximum absolute atomic E-state index is 11.4. The summed E-state index contributed by atoms with van der Waals surface area (Å²) in [6.45, 7) is 1.42. The number of nitrogens with zero attached hydrogens (tertiary/aromatic N) is 3. The maximum atomic E-state index is 11.4. The van der Waals surface area contributed by atoms with Gasteiger partial charge >= 0.3 is 5.69 Å². The first-order valence-electron chi connectivity index (χ1n) is 6.03. The summed E-state index contributed by atoms with van der Waals surface area (Å²) in [4.78, 5) is 12.4. The van der Waals surface area contributed by atoms with Gasteiger partial charge in [-0.05, 0) is 12.1 Å². The lowest BCUT2D eigenvalue weighted by Crippen LogP contribution is -2.48. The number of nitro groups is 1. The van der Waals surface area contributed by atoms with Crippen LogP contribution in [0.5, 0.6) is 0 Å². The van der Waals surface area contributed by atoms with E-state index in [1.807, 2.05) is 0 Å². The zero-order valence-corrected chi connectivity index (χ0v) is 11.8. The summed E-state index contributed by atoms with van der Waals surface area (Å²) in [5, 5.41) is 11.1. The number of sulfonamides is 1. The molecular weight excluding hydrogens is 284 g/mol. The van der Waals surface area contributed by atoms with E-state index in [4.69, 9.17) is 5.73 Å². The number of para-hydroxylation sites is 1. The van der Waals surface area contributed by atoms with E-state index in [9.17, 15) is 18.5 Å². The van der Waals surface area contributed by atoms with Gasteiger partial charge in [0, 0.05) is 26.2 Å². The molecule has 20 heavy (non-hydrogen) atoms. The molecule has 0 saturated carbocycles. The number of nitro benzene ring substituents is 1. The molecule has 1 aliphatic rings. The number of anilines is 2. The molecular formula is C11H16N4O4S. The lowest BCUT2D eigenvalue weighted by Gasteiger charge is -2.34. The van der Waals surface area contributed by atoms with Gasteiger partial charge in [-0.3, -0.25) is 10.1 Å². The van der Waals surface area contributed by atoms with Crippen LogP contribution in [-0.2, 0) is 10.0 Å². The Kier molecular flexibility index (Phi) is 3.82. The summed E-state index contributed by atoms with van der Waals surface area (Å²) in [5.41, 5.74) is 6.07. The van der Waals surface area contributed by atoms with Crippen LogP contribution in [0.2, 0.25) is 0 Å². The van der Waals surface area contributed by atoms with Gasteiger partial charge in [0.05, 0.1) is 11.2 Å². The molecule has 0 atom stereocenters. The topological polar surface area (TPSA) is 110 Å². The highest BCUT2D eigenvalue weighted by Gasteiger charge is 2.28. The second kappa shape index (κ2) is 5.25. The van der Waals surface area contributed by atoms with Crippen molar-refractivity contribution < 1.29 is 13.3 Å². The largest absolute Gasteiger partial charge is 0.393 e. The monoisotopic (exact) mass is 300 g/mol. The fraction of sp³-hybridized carbons (Fsp3) is 0.455. The Labute approximate surface area is 117 Å². The first-order valence-corrected chi connectivity index (χ1v) is 7.88. The molecule has 0 aromatic heterocycles. The molecule has 0 bridgehead atoms. The molecule has 0 amide bonds. The smallest absolute Gasteiger partial charge is 0.315 e. The Morgan fingerprint density at radius 2 is 1.85 bits per heavy atom. The predicted octanol–water partition coefficient (Wildman–Crippen LogP) is 0.259. The van der Waals surface area contributed by atoms with Gasteiger partial charge in [0.1, 0.15) is 11.4 Å². The van der Waals surface area contributed by atoms with Crippen LogP contribution in [0.4, 0.5) is 17.1 Å². The molecule has 1 aromatic carbocycles. The van der Waals surface area contributed by atoms with Gasteiger partial charge in [-0.25, -0.2) is 8.42 Å². The Morgan fingerprint density at radius 1 is 1.25 bits per heavy atom. The SMILES string of the molecule is CS(=O)(=O)N1CCN(c2cccc(N)c2[N+](=O)[O-])CC1. The van der Waals surface area contributed by atoms with Crippen molar-refractivity contribution in [3.8, 4) is 0 Å². The Morgan fingerprint density at radius 3 is 2.35 bits per heavy atom. The van der Waals surface area contributed by atoms with Crippen molar-refractivity contribution in [1.29, 1.82) is 0 Å². The zero-order valence-electron chi connectivity index (χ0n) is 11.0. The van der Waals surface area contributed by atoms with Gasteiger partial charge in [-0.2, -0.15) is 4.31 Å². The van der Waals surface area contributed by atoms with Gasteiger partial charge in [0.15, 0.2) is 0 Å². The molecule has 2 rings (SSSR count). The summed E-state index contributed by atoms with van der Waals surface area (Å²) in [5.74, 6) is 0. The van der Waals surface area contributed by atoms with E-state index in [-0.39, 0.29) is 11.4 Å². The first kappa shape index (κ1) is 14.5. The minimum atomic E-state index is -3.22. The van der Waals surface area contributed by atoms with Crippen molar-refractivity contribution >= 4 is 27.1 Å². The highest BCUT2D eigenvalue weighted by atomic mass is 32.2. The van der Waals surface area contributed by atoms with E-state index in [1.54, 1.807) is 17.0 Å². The van der Waals surface area contributed by atoms with Crippen molar-refractivity contribution in [1.82, 2.24) is 4.31 Å². The average Bonchev–Trinajstić information content (AvgIpc) is 2.37. The normalized spacial score (nSPS) is 17.1. The third-order valence-corrected chi connectivity index (χ3v) is 4.58. The number of piperazine rings is 1. The van der Waals surface area contributed by atoms with E-state index in [0.717, 1.165) is 6.26 Å². The molecule has 1 saturated heterocycles. The number of nitrogen functional groups attached to an aromatic ring is 1. The molecule has 1 aromatic rings. The Bertz CT molecular complexity index is 623. The second-order valence-corrected chi connectivity index (χ2v) is 6.60. The molecule has 0 aliphatic carbocycles.